The number of aryl methyl sites for hydroxylation is 1. The van der Waals surface area contributed by atoms with Crippen LogP contribution >= 0.6 is 11.8 Å². The SMILES string of the molecule is Cc1ncccc1C(=N)SC(=N)C=O. The molecular weight excluding hydrogens is 198 g/mol. The zero-order valence-corrected chi connectivity index (χ0v) is 8.39. The summed E-state index contributed by atoms with van der Waals surface area (Å²) in [7, 11) is 0. The fraction of sp³-hybridized carbons (Fsp3) is 0.111. The summed E-state index contributed by atoms with van der Waals surface area (Å²) < 4.78 is 0. The third-order valence-corrected chi connectivity index (χ3v) is 2.31. The maximum Gasteiger partial charge on any atom is 0.174 e. The Morgan fingerprint density at radius 1 is 1.57 bits per heavy atom. The van der Waals surface area contributed by atoms with Crippen LogP contribution in [0.4, 0.5) is 0 Å². The lowest BCUT2D eigenvalue weighted by atomic mass is 10.2. The topological polar surface area (TPSA) is 77.7 Å². The summed E-state index contributed by atoms with van der Waals surface area (Å²) in [5, 5.41) is 14.8. The second-order valence-electron chi connectivity index (χ2n) is 2.55. The fourth-order valence-electron chi connectivity index (χ4n) is 0.913. The van der Waals surface area contributed by atoms with Gasteiger partial charge in [-0.25, -0.2) is 0 Å². The van der Waals surface area contributed by atoms with Crippen LogP contribution in [-0.2, 0) is 4.79 Å². The third-order valence-electron chi connectivity index (χ3n) is 1.57. The summed E-state index contributed by atoms with van der Waals surface area (Å²) in [6.07, 6.45) is 2.06. The molecule has 1 rings (SSSR count). The summed E-state index contributed by atoms with van der Waals surface area (Å²) in [4.78, 5) is 14.2. The molecule has 0 saturated carbocycles. The number of hydrogen-bond acceptors (Lipinski definition) is 5. The molecule has 0 atom stereocenters. The van der Waals surface area contributed by atoms with Crippen LogP contribution < -0.4 is 0 Å². The molecule has 0 radical (unpaired) electrons. The average Bonchev–Trinajstić information content (AvgIpc) is 2.18. The van der Waals surface area contributed by atoms with Gasteiger partial charge in [0.05, 0.1) is 0 Å². The van der Waals surface area contributed by atoms with E-state index in [1.807, 2.05) is 0 Å². The molecule has 0 unspecified atom stereocenters. The number of aldehydes is 1. The first kappa shape index (κ1) is 10.6. The van der Waals surface area contributed by atoms with Gasteiger partial charge in [0.1, 0.15) is 10.1 Å². The smallest absolute Gasteiger partial charge is 0.174 e. The zero-order chi connectivity index (χ0) is 10.6. The Kier molecular flexibility index (Phi) is 3.53. The molecule has 0 aliphatic heterocycles. The quantitative estimate of drug-likeness (QED) is 0.439. The molecule has 2 N–H and O–H groups in total. The third kappa shape index (κ3) is 2.50. The zero-order valence-electron chi connectivity index (χ0n) is 7.57. The van der Waals surface area contributed by atoms with Crippen LogP contribution in [0.15, 0.2) is 18.3 Å². The average molecular weight is 207 g/mol. The first-order chi connectivity index (χ1) is 6.65. The molecule has 0 bridgehead atoms. The summed E-state index contributed by atoms with van der Waals surface area (Å²) in [5.41, 5.74) is 1.38. The number of pyridine rings is 1. The van der Waals surface area contributed by atoms with Gasteiger partial charge in [-0.05, 0) is 30.8 Å². The number of aromatic nitrogens is 1. The highest BCUT2D eigenvalue weighted by molar-refractivity contribution is 8.28. The molecule has 0 spiro atoms. The molecule has 0 saturated heterocycles. The van der Waals surface area contributed by atoms with Crippen LogP contribution in [0.2, 0.25) is 0 Å². The van der Waals surface area contributed by atoms with Crippen molar-refractivity contribution in [3.8, 4) is 0 Å². The predicted octanol–water partition coefficient (Wildman–Crippen LogP) is 1.62. The Hall–Kier alpha value is -1.49. The van der Waals surface area contributed by atoms with Crippen LogP contribution in [0.5, 0.6) is 0 Å². The van der Waals surface area contributed by atoms with Gasteiger partial charge in [0.2, 0.25) is 0 Å². The molecule has 14 heavy (non-hydrogen) atoms. The monoisotopic (exact) mass is 207 g/mol. The van der Waals surface area contributed by atoms with Crippen LogP contribution in [0.1, 0.15) is 11.3 Å². The minimum absolute atomic E-state index is 0.168. The Morgan fingerprint density at radius 2 is 2.29 bits per heavy atom. The molecule has 1 aromatic heterocycles. The second kappa shape index (κ2) is 4.66. The van der Waals surface area contributed by atoms with E-state index in [2.05, 4.69) is 4.98 Å². The Bertz CT molecular complexity index is 389. The number of carbonyl (C=O) groups is 1. The van der Waals surface area contributed by atoms with Crippen molar-refractivity contribution in [1.82, 2.24) is 4.98 Å². The predicted molar refractivity (Wildman–Crippen MR) is 57.2 cm³/mol. The highest BCUT2D eigenvalue weighted by atomic mass is 32.2. The number of carbonyl (C=O) groups excluding carboxylic acids is 1. The largest absolute Gasteiger partial charge is 0.296 e. The number of nitrogens with one attached hydrogen (secondary N) is 2. The minimum atomic E-state index is -0.168. The van der Waals surface area contributed by atoms with E-state index < -0.39 is 0 Å². The van der Waals surface area contributed by atoms with Crippen LogP contribution in [0, 0.1) is 17.7 Å². The summed E-state index contributed by atoms with van der Waals surface area (Å²) in [5.74, 6) is 0. The minimum Gasteiger partial charge on any atom is -0.296 e. The highest BCUT2D eigenvalue weighted by Gasteiger charge is 2.08. The maximum atomic E-state index is 10.2. The molecule has 72 valence electrons. The van der Waals surface area contributed by atoms with E-state index in [4.69, 9.17) is 10.8 Å². The number of hydrogen-bond donors (Lipinski definition) is 2. The van der Waals surface area contributed by atoms with Crippen molar-refractivity contribution in [2.45, 2.75) is 6.92 Å². The molecule has 5 heteroatoms. The van der Waals surface area contributed by atoms with Gasteiger partial charge >= 0.3 is 0 Å². The lowest BCUT2D eigenvalue weighted by Gasteiger charge is -2.03. The van der Waals surface area contributed by atoms with Gasteiger partial charge in [-0.2, -0.15) is 0 Å². The molecule has 0 aliphatic carbocycles. The van der Waals surface area contributed by atoms with Crippen molar-refractivity contribution < 1.29 is 4.79 Å². The number of rotatable bonds is 2. The molecule has 1 aromatic rings. The lowest BCUT2D eigenvalue weighted by Crippen LogP contribution is -2.03. The van der Waals surface area contributed by atoms with Crippen molar-refractivity contribution in [3.63, 3.8) is 0 Å². The maximum absolute atomic E-state index is 10.2. The van der Waals surface area contributed by atoms with Crippen LogP contribution in [0.3, 0.4) is 0 Å². The highest BCUT2D eigenvalue weighted by Crippen LogP contribution is 2.14. The summed E-state index contributed by atoms with van der Waals surface area (Å²) >= 11 is 0.825. The van der Waals surface area contributed by atoms with Crippen molar-refractivity contribution in [1.29, 1.82) is 10.8 Å². The van der Waals surface area contributed by atoms with Crippen molar-refractivity contribution in [3.05, 3.63) is 29.6 Å². The Labute approximate surface area is 85.8 Å². The van der Waals surface area contributed by atoms with E-state index in [9.17, 15) is 4.79 Å². The van der Waals surface area contributed by atoms with Crippen LogP contribution in [0.25, 0.3) is 0 Å². The van der Waals surface area contributed by atoms with Crippen molar-refractivity contribution in [2.24, 2.45) is 0 Å². The molecule has 4 nitrogen and oxygen atoms in total. The molecular formula is C9H9N3OS. The molecule has 0 fully saturated rings. The van der Waals surface area contributed by atoms with E-state index in [0.29, 0.717) is 11.8 Å². The van der Waals surface area contributed by atoms with Gasteiger partial charge in [0.15, 0.2) is 6.29 Å². The molecule has 0 aromatic carbocycles. The van der Waals surface area contributed by atoms with E-state index in [1.165, 1.54) is 0 Å². The van der Waals surface area contributed by atoms with Crippen LogP contribution in [-0.4, -0.2) is 21.4 Å². The first-order valence-electron chi connectivity index (χ1n) is 3.87. The van der Waals surface area contributed by atoms with Crippen molar-refractivity contribution in [2.75, 3.05) is 0 Å². The van der Waals surface area contributed by atoms with Gasteiger partial charge in [-0.3, -0.25) is 20.6 Å². The number of nitrogens with zero attached hydrogens (tertiary/aromatic N) is 1. The first-order valence-corrected chi connectivity index (χ1v) is 4.69. The van der Waals surface area contributed by atoms with E-state index in [0.717, 1.165) is 17.5 Å². The van der Waals surface area contributed by atoms with E-state index in [-0.39, 0.29) is 10.1 Å². The Morgan fingerprint density at radius 3 is 2.86 bits per heavy atom. The standard InChI is InChI=1S/C9H9N3OS/c1-6-7(3-2-4-12-6)9(11)14-8(10)5-13/h2-5,10-11H,1H3. The lowest BCUT2D eigenvalue weighted by molar-refractivity contribution is -0.102. The Balaban J connectivity index is 2.85. The van der Waals surface area contributed by atoms with E-state index in [1.54, 1.807) is 25.3 Å². The molecule has 0 aliphatic rings. The van der Waals surface area contributed by atoms with E-state index >= 15 is 0 Å². The van der Waals surface area contributed by atoms with Crippen molar-refractivity contribution >= 4 is 28.1 Å². The van der Waals surface area contributed by atoms with Gasteiger partial charge in [-0.15, -0.1) is 0 Å². The van der Waals surface area contributed by atoms with Gasteiger partial charge in [0.25, 0.3) is 0 Å². The van der Waals surface area contributed by atoms with Gasteiger partial charge < -0.3 is 0 Å². The summed E-state index contributed by atoms with van der Waals surface area (Å²) in [6.45, 7) is 1.79. The second-order valence-corrected chi connectivity index (χ2v) is 3.60. The fourth-order valence-corrected chi connectivity index (χ4v) is 1.51. The normalized spacial score (nSPS) is 9.50. The molecule has 0 amide bonds. The van der Waals surface area contributed by atoms with Gasteiger partial charge in [-0.1, -0.05) is 0 Å². The van der Waals surface area contributed by atoms with Gasteiger partial charge in [0, 0.05) is 17.5 Å². The molecule has 1 heterocycles. The number of thioether (sulfide) groups is 1. The summed E-state index contributed by atoms with van der Waals surface area (Å²) in [6, 6.07) is 3.47.